The summed E-state index contributed by atoms with van der Waals surface area (Å²) in [6.45, 7) is 0.182. The minimum Gasteiger partial charge on any atom is -0.395 e. The molecule has 7 heteroatoms. The molecule has 0 saturated carbocycles. The molecule has 19 heavy (non-hydrogen) atoms. The molecule has 0 saturated heterocycles. The van der Waals surface area contributed by atoms with Gasteiger partial charge in [0.25, 0.3) is 5.91 Å². The van der Waals surface area contributed by atoms with Gasteiger partial charge >= 0.3 is 0 Å². The zero-order valence-electron chi connectivity index (χ0n) is 10.2. The number of aliphatic hydroxyl groups excluding tert-OH is 2. The molecular weight excluding hydrogens is 284 g/mol. The van der Waals surface area contributed by atoms with E-state index in [2.05, 4.69) is 4.98 Å². The van der Waals surface area contributed by atoms with Crippen molar-refractivity contribution in [3.05, 3.63) is 28.6 Å². The van der Waals surface area contributed by atoms with Crippen LogP contribution < -0.4 is 0 Å². The second-order valence-electron chi connectivity index (χ2n) is 3.75. The summed E-state index contributed by atoms with van der Waals surface area (Å²) in [6.07, 6.45) is 1.55. The molecule has 2 heterocycles. The van der Waals surface area contributed by atoms with E-state index in [0.29, 0.717) is 4.88 Å². The van der Waals surface area contributed by atoms with Crippen LogP contribution in [0.5, 0.6) is 0 Å². The fourth-order valence-electron chi connectivity index (χ4n) is 1.60. The highest BCUT2D eigenvalue weighted by molar-refractivity contribution is 7.21. The van der Waals surface area contributed by atoms with Gasteiger partial charge in [0, 0.05) is 13.1 Å². The van der Waals surface area contributed by atoms with Crippen molar-refractivity contribution in [1.29, 1.82) is 0 Å². The van der Waals surface area contributed by atoms with Crippen molar-refractivity contribution in [3.8, 4) is 9.88 Å². The summed E-state index contributed by atoms with van der Waals surface area (Å²) >= 11 is 2.90. The second-order valence-corrected chi connectivity index (χ2v) is 5.72. The van der Waals surface area contributed by atoms with E-state index in [4.69, 9.17) is 10.2 Å². The smallest absolute Gasteiger partial charge is 0.265 e. The Bertz CT molecular complexity index is 519. The van der Waals surface area contributed by atoms with Gasteiger partial charge in [0.15, 0.2) is 0 Å². The number of nitrogens with zero attached hydrogens (tertiary/aromatic N) is 2. The van der Waals surface area contributed by atoms with Crippen molar-refractivity contribution in [1.82, 2.24) is 9.88 Å². The number of carbonyl (C=O) groups is 1. The summed E-state index contributed by atoms with van der Waals surface area (Å²) in [6, 6.07) is 3.89. The first-order valence-corrected chi connectivity index (χ1v) is 7.46. The first kappa shape index (κ1) is 14.1. The van der Waals surface area contributed by atoms with Crippen LogP contribution in [0.15, 0.2) is 23.7 Å². The Morgan fingerprint density at radius 3 is 2.63 bits per heavy atom. The van der Waals surface area contributed by atoms with Gasteiger partial charge in [0.2, 0.25) is 0 Å². The van der Waals surface area contributed by atoms with E-state index >= 15 is 0 Å². The van der Waals surface area contributed by atoms with Crippen LogP contribution in [0.3, 0.4) is 0 Å². The number of hydrogen-bond acceptors (Lipinski definition) is 6. The van der Waals surface area contributed by atoms with E-state index in [-0.39, 0.29) is 32.2 Å². The summed E-state index contributed by atoms with van der Waals surface area (Å²) in [7, 11) is 0. The Hall–Kier alpha value is -1.28. The number of hydrogen-bond donors (Lipinski definition) is 2. The number of thiophene rings is 1. The number of amides is 1. The molecule has 0 aromatic carbocycles. The lowest BCUT2D eigenvalue weighted by molar-refractivity contribution is 0.0689. The molecule has 2 aromatic rings. The maximum atomic E-state index is 12.2. The number of rotatable bonds is 6. The van der Waals surface area contributed by atoms with Crippen LogP contribution in [0.4, 0.5) is 0 Å². The topological polar surface area (TPSA) is 73.7 Å². The van der Waals surface area contributed by atoms with E-state index in [0.717, 1.165) is 9.88 Å². The van der Waals surface area contributed by atoms with Crippen molar-refractivity contribution < 1.29 is 15.0 Å². The number of carbonyl (C=O) groups excluding carboxylic acids is 1. The molecular formula is C12H14N2O3S2. The molecule has 0 aliphatic heterocycles. The summed E-state index contributed by atoms with van der Waals surface area (Å²) in [5.74, 6) is -0.205. The van der Waals surface area contributed by atoms with Crippen molar-refractivity contribution in [2.75, 3.05) is 26.3 Å². The lowest BCUT2D eigenvalue weighted by Crippen LogP contribution is -2.35. The Labute approximate surface area is 118 Å². The third kappa shape index (κ3) is 3.38. The van der Waals surface area contributed by atoms with Crippen LogP contribution in [0.2, 0.25) is 0 Å². The molecule has 0 radical (unpaired) electrons. The van der Waals surface area contributed by atoms with Gasteiger partial charge in [-0.1, -0.05) is 6.07 Å². The lowest BCUT2D eigenvalue weighted by atomic mass is 10.4. The number of aliphatic hydroxyl groups is 2. The minimum absolute atomic E-state index is 0.123. The zero-order valence-corrected chi connectivity index (χ0v) is 11.8. The van der Waals surface area contributed by atoms with Crippen molar-refractivity contribution >= 4 is 28.6 Å². The second kappa shape index (κ2) is 6.76. The van der Waals surface area contributed by atoms with Gasteiger partial charge in [-0.05, 0) is 11.4 Å². The first-order valence-electron chi connectivity index (χ1n) is 5.77. The molecule has 2 N–H and O–H groups in total. The minimum atomic E-state index is -0.205. The van der Waals surface area contributed by atoms with Gasteiger partial charge in [0.05, 0.1) is 24.3 Å². The Morgan fingerprint density at radius 2 is 2.05 bits per heavy atom. The van der Waals surface area contributed by atoms with Crippen LogP contribution in [0.25, 0.3) is 9.88 Å². The van der Waals surface area contributed by atoms with Crippen molar-refractivity contribution in [2.24, 2.45) is 0 Å². The Morgan fingerprint density at radius 1 is 1.32 bits per heavy atom. The van der Waals surface area contributed by atoms with E-state index in [9.17, 15) is 4.79 Å². The van der Waals surface area contributed by atoms with Crippen LogP contribution in [-0.4, -0.2) is 52.3 Å². The number of aromatic nitrogens is 1. The quantitative estimate of drug-likeness (QED) is 0.843. The molecule has 2 aromatic heterocycles. The van der Waals surface area contributed by atoms with Crippen LogP contribution in [0, 0.1) is 0 Å². The lowest BCUT2D eigenvalue weighted by Gasteiger charge is -2.19. The Kier molecular flexibility index (Phi) is 5.03. The van der Waals surface area contributed by atoms with Gasteiger partial charge in [-0.3, -0.25) is 4.79 Å². The first-order chi connectivity index (χ1) is 9.26. The monoisotopic (exact) mass is 298 g/mol. The molecule has 0 fully saturated rings. The summed E-state index contributed by atoms with van der Waals surface area (Å²) in [5, 5.41) is 20.6. The fourth-order valence-corrected chi connectivity index (χ4v) is 3.29. The van der Waals surface area contributed by atoms with E-state index in [1.54, 1.807) is 17.5 Å². The largest absolute Gasteiger partial charge is 0.395 e. The third-order valence-electron chi connectivity index (χ3n) is 2.48. The van der Waals surface area contributed by atoms with Crippen LogP contribution in [-0.2, 0) is 0 Å². The van der Waals surface area contributed by atoms with E-state index in [1.165, 1.54) is 16.2 Å². The van der Waals surface area contributed by atoms with Crippen molar-refractivity contribution in [2.45, 2.75) is 0 Å². The maximum Gasteiger partial charge on any atom is 0.265 e. The molecule has 0 unspecified atom stereocenters. The van der Waals surface area contributed by atoms with Crippen molar-refractivity contribution in [3.63, 3.8) is 0 Å². The van der Waals surface area contributed by atoms with Gasteiger partial charge < -0.3 is 15.1 Å². The van der Waals surface area contributed by atoms with Gasteiger partial charge in [-0.2, -0.15) is 0 Å². The highest BCUT2D eigenvalue weighted by Gasteiger charge is 2.18. The van der Waals surface area contributed by atoms with Gasteiger partial charge in [-0.15, -0.1) is 22.7 Å². The number of thiazole rings is 1. The summed E-state index contributed by atoms with van der Waals surface area (Å²) in [5.41, 5.74) is 0. The van der Waals surface area contributed by atoms with Crippen LogP contribution >= 0.6 is 22.7 Å². The third-order valence-corrected chi connectivity index (χ3v) is 4.50. The molecule has 5 nitrogen and oxygen atoms in total. The standard InChI is InChI=1S/C12H14N2O3S2/c15-5-3-14(4-6-16)12(17)10-8-13-11(19-10)9-2-1-7-18-9/h1-2,7-8,15-16H,3-6H2. The molecule has 0 atom stereocenters. The average molecular weight is 298 g/mol. The average Bonchev–Trinajstić information content (AvgIpc) is 3.08. The SMILES string of the molecule is O=C(c1cnc(-c2cccs2)s1)N(CCO)CCO. The van der Waals surface area contributed by atoms with Gasteiger partial charge in [-0.25, -0.2) is 4.98 Å². The molecule has 1 amide bonds. The highest BCUT2D eigenvalue weighted by atomic mass is 32.1. The molecule has 102 valence electrons. The molecule has 0 spiro atoms. The maximum absolute atomic E-state index is 12.2. The fraction of sp³-hybridized carbons (Fsp3) is 0.333. The Balaban J connectivity index is 2.14. The molecule has 0 aliphatic rings. The molecule has 0 aliphatic carbocycles. The van der Waals surface area contributed by atoms with E-state index < -0.39 is 0 Å². The summed E-state index contributed by atoms with van der Waals surface area (Å²) < 4.78 is 0. The zero-order chi connectivity index (χ0) is 13.7. The predicted octanol–water partition coefficient (Wildman–Crippen LogP) is 1.30. The van der Waals surface area contributed by atoms with Gasteiger partial charge in [0.1, 0.15) is 9.88 Å². The highest BCUT2D eigenvalue weighted by Crippen LogP contribution is 2.29. The molecule has 0 bridgehead atoms. The molecule has 2 rings (SSSR count). The van der Waals surface area contributed by atoms with E-state index in [1.807, 2.05) is 17.5 Å². The predicted molar refractivity (Wildman–Crippen MR) is 75.5 cm³/mol. The summed E-state index contributed by atoms with van der Waals surface area (Å²) in [4.78, 5) is 19.4. The normalized spacial score (nSPS) is 10.6. The van der Waals surface area contributed by atoms with Crippen LogP contribution in [0.1, 0.15) is 9.67 Å².